The van der Waals surface area contributed by atoms with E-state index in [1.54, 1.807) is 6.07 Å². The third-order valence-corrected chi connectivity index (χ3v) is 6.17. The van der Waals surface area contributed by atoms with E-state index < -0.39 is 0 Å². The molecule has 2 heterocycles. The van der Waals surface area contributed by atoms with Crippen LogP contribution >= 0.6 is 0 Å². The van der Waals surface area contributed by atoms with Gasteiger partial charge in [-0.25, -0.2) is 4.98 Å². The summed E-state index contributed by atoms with van der Waals surface area (Å²) >= 11 is 0. The van der Waals surface area contributed by atoms with E-state index >= 15 is 0 Å². The summed E-state index contributed by atoms with van der Waals surface area (Å²) in [6.45, 7) is 7.63. The highest BCUT2D eigenvalue weighted by molar-refractivity contribution is 6.00. The first-order chi connectivity index (χ1) is 19.7. The fraction of sp³-hybridized carbons (Fsp3) is 0.467. The molecule has 0 amide bonds. The molecular weight excluding hydrogens is 514 g/mol. The van der Waals surface area contributed by atoms with Crippen LogP contribution in [0.15, 0.2) is 51.7 Å². The van der Waals surface area contributed by atoms with Gasteiger partial charge in [0.25, 0.3) is 0 Å². The van der Waals surface area contributed by atoms with E-state index in [4.69, 9.17) is 33.1 Å². The predicted molar refractivity (Wildman–Crippen MR) is 155 cm³/mol. The van der Waals surface area contributed by atoms with E-state index in [9.17, 15) is 4.79 Å². The summed E-state index contributed by atoms with van der Waals surface area (Å²) in [5.41, 5.74) is 3.63. The minimum absolute atomic E-state index is 0.102. The Morgan fingerprint density at radius 2 is 1.40 bits per heavy atom. The quantitative estimate of drug-likeness (QED) is 0.163. The standard InChI is InChI=1S/C30H39N3O7/c1-3-11-35-13-15-37-17-19-39-20-18-38-16-14-36-12-10-28-32-25-9-8-24-26(34)21-27(40-30(24)29(25)33-28)22-4-6-23(31-2)7-5-22/h4-9,21,31H,3,10-20H2,1-2H3,(H,32,33). The molecule has 2 aromatic heterocycles. The van der Waals surface area contributed by atoms with Crippen molar-refractivity contribution in [3.63, 3.8) is 0 Å². The summed E-state index contributed by atoms with van der Waals surface area (Å²) in [6.07, 6.45) is 1.61. The van der Waals surface area contributed by atoms with Crippen LogP contribution in [0.25, 0.3) is 33.3 Å². The minimum atomic E-state index is -0.102. The van der Waals surface area contributed by atoms with Gasteiger partial charge in [0.05, 0.1) is 70.4 Å². The molecule has 0 spiro atoms. The van der Waals surface area contributed by atoms with E-state index in [0.29, 0.717) is 88.1 Å². The summed E-state index contributed by atoms with van der Waals surface area (Å²) in [5, 5.41) is 3.59. The van der Waals surface area contributed by atoms with Gasteiger partial charge in [-0.05, 0) is 42.8 Å². The van der Waals surface area contributed by atoms with Crippen LogP contribution in [0.5, 0.6) is 0 Å². The van der Waals surface area contributed by atoms with Crippen molar-refractivity contribution < 1.29 is 28.1 Å². The lowest BCUT2D eigenvalue weighted by atomic mass is 10.1. The molecule has 0 fully saturated rings. The number of fused-ring (bicyclic) bond motifs is 3. The van der Waals surface area contributed by atoms with E-state index in [1.807, 2.05) is 37.4 Å². The van der Waals surface area contributed by atoms with Gasteiger partial charge in [-0.15, -0.1) is 0 Å². The maximum Gasteiger partial charge on any atom is 0.193 e. The van der Waals surface area contributed by atoms with E-state index in [-0.39, 0.29) is 5.43 Å². The predicted octanol–water partition coefficient (Wildman–Crippen LogP) is 4.41. The molecule has 10 heteroatoms. The fourth-order valence-corrected chi connectivity index (χ4v) is 4.09. The van der Waals surface area contributed by atoms with Crippen molar-refractivity contribution in [1.82, 2.24) is 9.97 Å². The Hall–Kier alpha value is -3.28. The molecule has 0 aliphatic rings. The van der Waals surface area contributed by atoms with Gasteiger partial charge in [0, 0.05) is 37.4 Å². The number of nitrogens with one attached hydrogen (secondary N) is 2. The molecule has 216 valence electrons. The largest absolute Gasteiger partial charge is 0.453 e. The lowest BCUT2D eigenvalue weighted by Gasteiger charge is -2.07. The third kappa shape index (κ3) is 8.61. The van der Waals surface area contributed by atoms with Crippen molar-refractivity contribution in [1.29, 1.82) is 0 Å². The minimum Gasteiger partial charge on any atom is -0.453 e. The van der Waals surface area contributed by atoms with Crippen molar-refractivity contribution in [3.05, 3.63) is 58.5 Å². The molecule has 2 aromatic carbocycles. The van der Waals surface area contributed by atoms with Gasteiger partial charge in [-0.3, -0.25) is 4.79 Å². The van der Waals surface area contributed by atoms with Crippen molar-refractivity contribution in [2.45, 2.75) is 19.8 Å². The number of aromatic amines is 1. The fourth-order valence-electron chi connectivity index (χ4n) is 4.09. The second-order valence-corrected chi connectivity index (χ2v) is 9.14. The van der Waals surface area contributed by atoms with Gasteiger partial charge in [-0.1, -0.05) is 6.92 Å². The lowest BCUT2D eigenvalue weighted by molar-refractivity contribution is -0.0108. The van der Waals surface area contributed by atoms with Crippen LogP contribution < -0.4 is 10.7 Å². The van der Waals surface area contributed by atoms with Gasteiger partial charge >= 0.3 is 0 Å². The normalized spacial score (nSPS) is 11.6. The summed E-state index contributed by atoms with van der Waals surface area (Å²) < 4.78 is 33.7. The number of nitrogens with zero attached hydrogens (tertiary/aromatic N) is 1. The van der Waals surface area contributed by atoms with Crippen LogP contribution in [0.1, 0.15) is 19.2 Å². The second-order valence-electron chi connectivity index (χ2n) is 9.14. The number of hydrogen-bond donors (Lipinski definition) is 2. The molecule has 0 radical (unpaired) electrons. The van der Waals surface area contributed by atoms with Crippen LogP contribution in [-0.4, -0.2) is 83.1 Å². The first kappa shape index (κ1) is 29.7. The third-order valence-electron chi connectivity index (χ3n) is 6.17. The number of aromatic nitrogens is 2. The first-order valence-electron chi connectivity index (χ1n) is 13.8. The van der Waals surface area contributed by atoms with Crippen LogP contribution in [0.3, 0.4) is 0 Å². The van der Waals surface area contributed by atoms with E-state index in [0.717, 1.165) is 35.6 Å². The summed E-state index contributed by atoms with van der Waals surface area (Å²) in [4.78, 5) is 20.8. The van der Waals surface area contributed by atoms with Gasteiger partial charge in [-0.2, -0.15) is 0 Å². The van der Waals surface area contributed by atoms with Crippen LogP contribution in [0.4, 0.5) is 5.69 Å². The zero-order chi connectivity index (χ0) is 28.0. The molecule has 0 aliphatic heterocycles. The van der Waals surface area contributed by atoms with E-state index in [2.05, 4.69) is 17.2 Å². The second kappa shape index (κ2) is 16.1. The highest BCUT2D eigenvalue weighted by atomic mass is 16.6. The maximum atomic E-state index is 12.8. The Morgan fingerprint density at radius 1 is 0.800 bits per heavy atom. The Bertz CT molecular complexity index is 1370. The zero-order valence-electron chi connectivity index (χ0n) is 23.3. The van der Waals surface area contributed by atoms with Crippen molar-refractivity contribution in [2.24, 2.45) is 0 Å². The Morgan fingerprint density at radius 3 is 2.00 bits per heavy atom. The van der Waals surface area contributed by atoms with Crippen LogP contribution in [0.2, 0.25) is 0 Å². The van der Waals surface area contributed by atoms with Crippen molar-refractivity contribution >= 4 is 27.7 Å². The highest BCUT2D eigenvalue weighted by Gasteiger charge is 2.13. The molecule has 0 unspecified atom stereocenters. The monoisotopic (exact) mass is 553 g/mol. The number of anilines is 1. The van der Waals surface area contributed by atoms with Gasteiger partial charge in [0.1, 0.15) is 17.1 Å². The maximum absolute atomic E-state index is 12.8. The summed E-state index contributed by atoms with van der Waals surface area (Å²) in [6, 6.07) is 12.9. The van der Waals surface area contributed by atoms with Crippen LogP contribution in [0, 0.1) is 0 Å². The van der Waals surface area contributed by atoms with Gasteiger partial charge < -0.3 is 38.4 Å². The smallest absolute Gasteiger partial charge is 0.193 e. The first-order valence-corrected chi connectivity index (χ1v) is 13.8. The Kier molecular flexibility index (Phi) is 12.0. The molecule has 0 bridgehead atoms. The average molecular weight is 554 g/mol. The number of hydrogen-bond acceptors (Lipinski definition) is 9. The highest BCUT2D eigenvalue weighted by Crippen LogP contribution is 2.27. The number of benzene rings is 2. The molecule has 0 saturated carbocycles. The van der Waals surface area contributed by atoms with Crippen LogP contribution in [-0.2, 0) is 30.1 Å². The molecular formula is C30H39N3O7. The summed E-state index contributed by atoms with van der Waals surface area (Å²) in [5.74, 6) is 1.27. The molecule has 0 aliphatic carbocycles. The molecule has 0 atom stereocenters. The lowest BCUT2D eigenvalue weighted by Crippen LogP contribution is -2.13. The SMILES string of the molecule is CCCOCCOCCOCCOCCOCCc1nc2c(ccc3c(=O)cc(-c4ccc(NC)cc4)oc32)[nH]1. The molecule has 0 saturated heterocycles. The summed E-state index contributed by atoms with van der Waals surface area (Å²) in [7, 11) is 1.86. The van der Waals surface area contributed by atoms with Crippen molar-refractivity contribution in [3.8, 4) is 11.3 Å². The molecule has 2 N–H and O–H groups in total. The number of ether oxygens (including phenoxy) is 5. The molecule has 4 rings (SSSR count). The van der Waals surface area contributed by atoms with Crippen molar-refractivity contribution in [2.75, 3.05) is 78.4 Å². The van der Waals surface area contributed by atoms with Gasteiger partial charge in [0.15, 0.2) is 11.0 Å². The molecule has 4 aromatic rings. The molecule has 40 heavy (non-hydrogen) atoms. The number of imidazole rings is 1. The molecule has 10 nitrogen and oxygen atoms in total. The Labute approximate surface area is 233 Å². The Balaban J connectivity index is 1.17. The number of H-pyrrole nitrogens is 1. The van der Waals surface area contributed by atoms with E-state index in [1.165, 1.54) is 6.07 Å². The van der Waals surface area contributed by atoms with Gasteiger partial charge in [0.2, 0.25) is 0 Å². The topological polar surface area (TPSA) is 117 Å². The average Bonchev–Trinajstić information content (AvgIpc) is 3.40. The zero-order valence-corrected chi connectivity index (χ0v) is 23.3. The number of rotatable bonds is 19.